The fourth-order valence-corrected chi connectivity index (χ4v) is 1.76. The van der Waals surface area contributed by atoms with Crippen LogP contribution in [0, 0.1) is 0 Å². The number of anilines is 1. The third-order valence-electron chi connectivity index (χ3n) is 2.77. The summed E-state index contributed by atoms with van der Waals surface area (Å²) in [6.07, 6.45) is 1.51. The van der Waals surface area contributed by atoms with Crippen LogP contribution in [0.15, 0.2) is 18.2 Å². The van der Waals surface area contributed by atoms with E-state index in [1.165, 1.54) is 0 Å². The van der Waals surface area contributed by atoms with Crippen molar-refractivity contribution >= 4 is 23.2 Å². The van der Waals surface area contributed by atoms with E-state index >= 15 is 0 Å². The van der Waals surface area contributed by atoms with Gasteiger partial charge in [-0.25, -0.2) is 4.39 Å². The summed E-state index contributed by atoms with van der Waals surface area (Å²) in [6.45, 7) is 5.76. The summed E-state index contributed by atoms with van der Waals surface area (Å²) in [4.78, 5) is 11.2. The molecule has 1 N–H and O–H groups in total. The van der Waals surface area contributed by atoms with Crippen molar-refractivity contribution in [1.29, 1.82) is 0 Å². The van der Waals surface area contributed by atoms with Gasteiger partial charge >= 0.3 is 0 Å². The molecule has 0 aromatic heterocycles. The zero-order valence-electron chi connectivity index (χ0n) is 11.0. The largest absolute Gasteiger partial charge is 0.325 e. The summed E-state index contributed by atoms with van der Waals surface area (Å²) in [5, 5.41) is 3.06. The zero-order chi connectivity index (χ0) is 13.8. The highest BCUT2D eigenvalue weighted by Crippen LogP contribution is 2.50. The molecule has 0 aliphatic heterocycles. The van der Waals surface area contributed by atoms with Crippen LogP contribution in [0.2, 0.25) is 5.02 Å². The molecular formula is C14H19ClFNO. The molecule has 0 radical (unpaired) electrons. The smallest absolute Gasteiger partial charge is 0.224 e. The molecular weight excluding hydrogens is 253 g/mol. The fraction of sp³-hybridized carbons (Fsp3) is 0.500. The number of alkyl halides is 1. The van der Waals surface area contributed by atoms with Crippen LogP contribution in [0.1, 0.15) is 45.6 Å². The van der Waals surface area contributed by atoms with Crippen molar-refractivity contribution in [3.63, 3.8) is 0 Å². The summed E-state index contributed by atoms with van der Waals surface area (Å²) in [7, 11) is 0. The van der Waals surface area contributed by atoms with Gasteiger partial charge in [-0.2, -0.15) is 0 Å². The summed E-state index contributed by atoms with van der Waals surface area (Å²) < 4.78 is 13.7. The lowest BCUT2D eigenvalue weighted by molar-refractivity contribution is -0.115. The summed E-state index contributed by atoms with van der Waals surface area (Å²) in [5.41, 5.74) is -0.0368. The molecule has 0 saturated heterocycles. The van der Waals surface area contributed by atoms with Gasteiger partial charge < -0.3 is 5.32 Å². The number of carbonyl (C=O) groups is 1. The molecule has 1 amide bonds. The lowest BCUT2D eigenvalue weighted by Crippen LogP contribution is -2.10. The lowest BCUT2D eigenvalue weighted by atomic mass is 10.1. The Hall–Kier alpha value is -1.09. The lowest BCUT2D eigenvalue weighted by Gasteiger charge is -2.10. The van der Waals surface area contributed by atoms with Crippen molar-refractivity contribution in [2.45, 2.75) is 45.7 Å². The van der Waals surface area contributed by atoms with Gasteiger partial charge in [-0.05, 0) is 30.5 Å². The molecule has 100 valence electrons. The van der Waals surface area contributed by atoms with E-state index in [-0.39, 0.29) is 5.91 Å². The van der Waals surface area contributed by atoms with Crippen molar-refractivity contribution in [2.75, 3.05) is 5.32 Å². The number of halogens is 2. The van der Waals surface area contributed by atoms with E-state index in [4.69, 9.17) is 11.6 Å². The van der Waals surface area contributed by atoms with Gasteiger partial charge in [0.25, 0.3) is 0 Å². The van der Waals surface area contributed by atoms with Gasteiger partial charge in [0.1, 0.15) is 5.67 Å². The normalized spacial score (nSPS) is 15.4. The molecule has 1 fully saturated rings. The average molecular weight is 272 g/mol. The van der Waals surface area contributed by atoms with Gasteiger partial charge in [-0.15, -0.1) is 0 Å². The number of carbonyl (C=O) groups excluding carboxylic acids is 1. The summed E-state index contributed by atoms with van der Waals surface area (Å²) >= 11 is 5.98. The molecule has 0 unspecified atom stereocenters. The zero-order valence-corrected chi connectivity index (χ0v) is 11.8. The molecule has 0 atom stereocenters. The van der Waals surface area contributed by atoms with Crippen LogP contribution in [0.3, 0.4) is 0 Å². The molecule has 0 heterocycles. The Labute approximate surface area is 113 Å². The van der Waals surface area contributed by atoms with Crippen LogP contribution in [0.4, 0.5) is 10.1 Å². The van der Waals surface area contributed by atoms with Crippen molar-refractivity contribution in [1.82, 2.24) is 0 Å². The molecule has 1 aliphatic carbocycles. The highest BCUT2D eigenvalue weighted by atomic mass is 35.5. The maximum atomic E-state index is 13.7. The van der Waals surface area contributed by atoms with Gasteiger partial charge in [-0.1, -0.05) is 38.4 Å². The minimum absolute atomic E-state index is 0.101. The number of amides is 1. The quantitative estimate of drug-likeness (QED) is 0.850. The molecule has 1 aromatic rings. The monoisotopic (exact) mass is 271 g/mol. The Morgan fingerprint density at radius 1 is 1.44 bits per heavy atom. The van der Waals surface area contributed by atoms with Crippen LogP contribution in [0.5, 0.6) is 0 Å². The minimum atomic E-state index is -1.18. The van der Waals surface area contributed by atoms with E-state index in [0.29, 0.717) is 35.5 Å². The van der Waals surface area contributed by atoms with Crippen molar-refractivity contribution in [3.05, 3.63) is 28.8 Å². The second-order valence-corrected chi connectivity index (χ2v) is 4.47. The topological polar surface area (TPSA) is 29.1 Å². The van der Waals surface area contributed by atoms with Crippen LogP contribution in [0.25, 0.3) is 0 Å². The van der Waals surface area contributed by atoms with Crippen molar-refractivity contribution in [2.24, 2.45) is 0 Å². The Balaban J connectivity index is 0.000000771. The molecule has 0 spiro atoms. The second-order valence-electron chi connectivity index (χ2n) is 4.06. The predicted octanol–water partition coefficient (Wildman–Crippen LogP) is 4.67. The third kappa shape index (κ3) is 3.45. The molecule has 0 bridgehead atoms. The molecule has 4 heteroatoms. The van der Waals surface area contributed by atoms with E-state index in [9.17, 15) is 9.18 Å². The fourth-order valence-electron chi connectivity index (χ4n) is 1.53. The van der Waals surface area contributed by atoms with E-state index < -0.39 is 5.67 Å². The van der Waals surface area contributed by atoms with E-state index in [0.717, 1.165) is 0 Å². The Morgan fingerprint density at radius 2 is 2.06 bits per heavy atom. The van der Waals surface area contributed by atoms with Crippen LogP contribution >= 0.6 is 11.6 Å². The van der Waals surface area contributed by atoms with Gasteiger partial charge in [0, 0.05) is 6.42 Å². The van der Waals surface area contributed by atoms with E-state index in [1.54, 1.807) is 25.1 Å². The second kappa shape index (κ2) is 6.19. The van der Waals surface area contributed by atoms with Gasteiger partial charge in [0.15, 0.2) is 0 Å². The first-order valence-electron chi connectivity index (χ1n) is 6.34. The molecule has 2 nitrogen and oxygen atoms in total. The Morgan fingerprint density at radius 3 is 2.50 bits per heavy atom. The van der Waals surface area contributed by atoms with Crippen LogP contribution in [-0.4, -0.2) is 5.91 Å². The number of nitrogens with one attached hydrogen (secondary N) is 1. The summed E-state index contributed by atoms with van der Waals surface area (Å²) in [6, 6.07) is 4.94. The first kappa shape index (κ1) is 15.0. The standard InChI is InChI=1S/C12H13ClFNO.C2H6/c1-2-11(16)15-10-4-3-8(7-9(10)13)12(14)5-6-12;1-2/h3-4,7H,2,5-6H2,1H3,(H,15,16);1-2H3. The van der Waals surface area contributed by atoms with E-state index in [1.807, 2.05) is 13.8 Å². The van der Waals surface area contributed by atoms with Crippen LogP contribution < -0.4 is 5.32 Å². The number of hydrogen-bond donors (Lipinski definition) is 1. The highest BCUT2D eigenvalue weighted by Gasteiger charge is 2.45. The first-order valence-corrected chi connectivity index (χ1v) is 6.72. The van der Waals surface area contributed by atoms with Gasteiger partial charge in [0.05, 0.1) is 10.7 Å². The minimum Gasteiger partial charge on any atom is -0.325 e. The SMILES string of the molecule is CC.CCC(=O)Nc1ccc(C2(F)CC2)cc1Cl. The van der Waals surface area contributed by atoms with Crippen LogP contribution in [-0.2, 0) is 10.5 Å². The Bertz CT molecular complexity index is 430. The van der Waals surface area contributed by atoms with Crippen molar-refractivity contribution in [3.8, 4) is 0 Å². The summed E-state index contributed by atoms with van der Waals surface area (Å²) in [5.74, 6) is -0.101. The van der Waals surface area contributed by atoms with Gasteiger partial charge in [-0.3, -0.25) is 4.79 Å². The highest BCUT2D eigenvalue weighted by molar-refractivity contribution is 6.33. The number of rotatable bonds is 3. The molecule has 18 heavy (non-hydrogen) atoms. The third-order valence-corrected chi connectivity index (χ3v) is 3.08. The number of hydrogen-bond acceptors (Lipinski definition) is 1. The predicted molar refractivity (Wildman–Crippen MR) is 73.7 cm³/mol. The van der Waals surface area contributed by atoms with Crippen molar-refractivity contribution < 1.29 is 9.18 Å². The maximum absolute atomic E-state index is 13.7. The average Bonchev–Trinajstić information content (AvgIpc) is 3.13. The van der Waals surface area contributed by atoms with E-state index in [2.05, 4.69) is 5.32 Å². The number of benzene rings is 1. The molecule has 1 saturated carbocycles. The molecule has 1 aromatic carbocycles. The maximum Gasteiger partial charge on any atom is 0.224 e. The first-order chi connectivity index (χ1) is 8.55. The molecule has 2 rings (SSSR count). The molecule has 1 aliphatic rings. The van der Waals surface area contributed by atoms with Gasteiger partial charge in [0.2, 0.25) is 5.91 Å². The Kier molecular flexibility index (Phi) is 5.15.